The van der Waals surface area contributed by atoms with Crippen LogP contribution in [-0.4, -0.2) is 76.5 Å². The van der Waals surface area contributed by atoms with Crippen molar-refractivity contribution in [3.63, 3.8) is 0 Å². The molecule has 0 aromatic carbocycles. The van der Waals surface area contributed by atoms with E-state index in [1.807, 2.05) is 0 Å². The average Bonchev–Trinajstić information content (AvgIpc) is 3.27. The van der Waals surface area contributed by atoms with Crippen molar-refractivity contribution in [2.75, 3.05) is 26.0 Å². The van der Waals surface area contributed by atoms with Crippen molar-refractivity contribution in [2.45, 2.75) is 43.1 Å². The SMILES string of the molecule is CC(CCN1Cc2cc(C#CC#CC3(O)CCOCC3)cn2C1=O)(C(=O)NO)S(C)(=O)=O. The number of hydrogen-bond acceptors (Lipinski definition) is 7. The molecule has 0 bridgehead atoms. The highest BCUT2D eigenvalue weighted by Crippen LogP contribution is 2.25. The minimum Gasteiger partial charge on any atom is -0.381 e. The van der Waals surface area contributed by atoms with E-state index in [-0.39, 0.29) is 25.5 Å². The van der Waals surface area contributed by atoms with Crippen molar-refractivity contribution < 1.29 is 33.1 Å². The minimum atomic E-state index is -3.84. The molecule has 172 valence electrons. The summed E-state index contributed by atoms with van der Waals surface area (Å²) in [5, 5.41) is 19.2. The summed E-state index contributed by atoms with van der Waals surface area (Å²) in [5.74, 6) is 9.91. The second-order valence-corrected chi connectivity index (χ2v) is 10.6. The van der Waals surface area contributed by atoms with Gasteiger partial charge in [-0.15, -0.1) is 0 Å². The normalized spacial score (nSPS) is 19.1. The van der Waals surface area contributed by atoms with Gasteiger partial charge in [0.05, 0.1) is 19.8 Å². The van der Waals surface area contributed by atoms with E-state index in [1.54, 1.807) is 12.3 Å². The smallest absolute Gasteiger partial charge is 0.328 e. The van der Waals surface area contributed by atoms with Gasteiger partial charge in [-0.3, -0.25) is 14.6 Å². The standard InChI is InChI=1S/C21H25N3O7S/c1-20(18(25)22-28,32(2,29)30)7-10-23-15-17-13-16(14-24(17)19(23)26)5-3-4-6-21(27)8-11-31-12-9-21/h13-14,27-28H,7-12,15H2,1-2H3,(H,22,25). The second kappa shape index (κ2) is 8.96. The predicted molar refractivity (Wildman–Crippen MR) is 113 cm³/mol. The largest absolute Gasteiger partial charge is 0.381 e. The van der Waals surface area contributed by atoms with Crippen molar-refractivity contribution in [1.82, 2.24) is 14.9 Å². The van der Waals surface area contributed by atoms with Gasteiger partial charge in [0, 0.05) is 43.1 Å². The van der Waals surface area contributed by atoms with E-state index >= 15 is 0 Å². The third-order valence-electron chi connectivity index (χ3n) is 5.87. The number of nitrogens with zero attached hydrogens (tertiary/aromatic N) is 2. The number of sulfone groups is 1. The zero-order chi connectivity index (χ0) is 23.6. The molecule has 1 unspecified atom stereocenters. The lowest BCUT2D eigenvalue weighted by Gasteiger charge is -2.27. The Labute approximate surface area is 186 Å². The summed E-state index contributed by atoms with van der Waals surface area (Å²) < 4.78 is 28.9. The first-order valence-electron chi connectivity index (χ1n) is 9.97. The van der Waals surface area contributed by atoms with Crippen LogP contribution in [0.1, 0.15) is 37.4 Å². The molecule has 1 saturated heterocycles. The minimum absolute atomic E-state index is 0.00624. The Hall–Kier alpha value is -2.83. The number of carbonyl (C=O) groups is 2. The maximum Gasteiger partial charge on any atom is 0.328 e. The van der Waals surface area contributed by atoms with Gasteiger partial charge in [-0.25, -0.2) is 18.7 Å². The first kappa shape index (κ1) is 23.8. The molecule has 0 spiro atoms. The van der Waals surface area contributed by atoms with Crippen LogP contribution in [-0.2, 0) is 25.9 Å². The Morgan fingerprint density at radius 2 is 2.03 bits per heavy atom. The Morgan fingerprint density at radius 1 is 1.34 bits per heavy atom. The van der Waals surface area contributed by atoms with Crippen LogP contribution in [0.15, 0.2) is 12.3 Å². The van der Waals surface area contributed by atoms with E-state index in [0.717, 1.165) is 6.26 Å². The summed E-state index contributed by atoms with van der Waals surface area (Å²) in [7, 11) is -3.84. The summed E-state index contributed by atoms with van der Waals surface area (Å²) in [6.07, 6.45) is 3.17. The van der Waals surface area contributed by atoms with Crippen molar-refractivity contribution in [3.05, 3.63) is 23.5 Å². The molecule has 1 aromatic rings. The lowest BCUT2D eigenvalue weighted by atomic mass is 9.95. The van der Waals surface area contributed by atoms with Gasteiger partial charge in [-0.05, 0) is 31.3 Å². The van der Waals surface area contributed by atoms with Crippen molar-refractivity contribution in [1.29, 1.82) is 0 Å². The van der Waals surface area contributed by atoms with Crippen LogP contribution >= 0.6 is 0 Å². The van der Waals surface area contributed by atoms with Crippen LogP contribution < -0.4 is 5.48 Å². The molecular formula is C21H25N3O7S. The van der Waals surface area contributed by atoms with Crippen LogP contribution in [0.5, 0.6) is 0 Å². The Morgan fingerprint density at radius 3 is 2.62 bits per heavy atom. The van der Waals surface area contributed by atoms with Gasteiger partial charge in [-0.1, -0.05) is 11.8 Å². The number of hydroxylamine groups is 1. The van der Waals surface area contributed by atoms with Gasteiger partial charge in [0.25, 0.3) is 5.91 Å². The van der Waals surface area contributed by atoms with E-state index < -0.39 is 26.1 Å². The van der Waals surface area contributed by atoms with E-state index in [2.05, 4.69) is 23.7 Å². The molecule has 2 aliphatic rings. The first-order valence-corrected chi connectivity index (χ1v) is 11.9. The summed E-state index contributed by atoms with van der Waals surface area (Å²) in [6, 6.07) is 1.36. The Balaban J connectivity index is 1.65. The van der Waals surface area contributed by atoms with Crippen LogP contribution in [0.25, 0.3) is 0 Å². The molecule has 3 heterocycles. The lowest BCUT2D eigenvalue weighted by Crippen LogP contribution is -2.50. The molecule has 2 aliphatic heterocycles. The van der Waals surface area contributed by atoms with Gasteiger partial charge in [-0.2, -0.15) is 0 Å². The zero-order valence-electron chi connectivity index (χ0n) is 17.8. The van der Waals surface area contributed by atoms with Crippen LogP contribution in [0.3, 0.4) is 0 Å². The second-order valence-electron chi connectivity index (χ2n) is 8.13. The number of hydrogen-bond donors (Lipinski definition) is 3. The van der Waals surface area contributed by atoms with Crippen molar-refractivity contribution in [2.24, 2.45) is 0 Å². The van der Waals surface area contributed by atoms with E-state index in [1.165, 1.54) is 21.9 Å². The molecule has 1 aromatic heterocycles. The number of carbonyl (C=O) groups excluding carboxylic acids is 2. The van der Waals surface area contributed by atoms with E-state index in [0.29, 0.717) is 37.3 Å². The topological polar surface area (TPSA) is 138 Å². The van der Waals surface area contributed by atoms with Gasteiger partial charge < -0.3 is 14.7 Å². The molecule has 0 saturated carbocycles. The molecule has 32 heavy (non-hydrogen) atoms. The number of aliphatic hydroxyl groups is 1. The third-order valence-corrected chi connectivity index (χ3v) is 7.90. The molecule has 3 rings (SSSR count). The number of fused-ring (bicyclic) bond motifs is 1. The number of rotatable bonds is 5. The van der Waals surface area contributed by atoms with Crippen LogP contribution in [0.2, 0.25) is 0 Å². The fourth-order valence-corrected chi connectivity index (χ4v) is 4.33. The fraction of sp³-hybridized carbons (Fsp3) is 0.524. The van der Waals surface area contributed by atoms with E-state index in [9.17, 15) is 23.1 Å². The van der Waals surface area contributed by atoms with Crippen molar-refractivity contribution in [3.8, 4) is 23.7 Å². The summed E-state index contributed by atoms with van der Waals surface area (Å²) >= 11 is 0. The fourth-order valence-electron chi connectivity index (χ4n) is 3.49. The Bertz CT molecular complexity index is 1140. The molecule has 2 amide bonds. The molecule has 3 N–H and O–H groups in total. The molecule has 0 radical (unpaired) electrons. The summed E-state index contributed by atoms with van der Waals surface area (Å²) in [6.45, 7) is 2.36. The number of nitrogens with one attached hydrogen (secondary N) is 1. The molecule has 11 heteroatoms. The molecule has 10 nitrogen and oxygen atoms in total. The van der Waals surface area contributed by atoms with Gasteiger partial charge in [0.1, 0.15) is 5.60 Å². The lowest BCUT2D eigenvalue weighted by molar-refractivity contribution is -0.131. The number of ether oxygens (including phenoxy) is 1. The monoisotopic (exact) mass is 463 g/mol. The van der Waals surface area contributed by atoms with Gasteiger partial charge in [0.2, 0.25) is 0 Å². The summed E-state index contributed by atoms with van der Waals surface area (Å²) in [4.78, 5) is 26.0. The highest BCUT2D eigenvalue weighted by atomic mass is 32.2. The maximum atomic E-state index is 12.7. The predicted octanol–water partition coefficient (Wildman–Crippen LogP) is -0.133. The van der Waals surface area contributed by atoms with Crippen LogP contribution in [0.4, 0.5) is 4.79 Å². The number of amides is 2. The quantitative estimate of drug-likeness (QED) is 0.314. The molecule has 1 atom stereocenters. The first-order chi connectivity index (χ1) is 15.0. The molecule has 0 aliphatic carbocycles. The molecular weight excluding hydrogens is 438 g/mol. The molecule has 1 fully saturated rings. The van der Waals surface area contributed by atoms with Gasteiger partial charge in [0.15, 0.2) is 14.6 Å². The summed E-state index contributed by atoms with van der Waals surface area (Å²) in [5.41, 5.74) is 1.56. The average molecular weight is 464 g/mol. The van der Waals surface area contributed by atoms with Gasteiger partial charge >= 0.3 is 6.03 Å². The zero-order valence-corrected chi connectivity index (χ0v) is 18.7. The maximum absolute atomic E-state index is 12.7. The van der Waals surface area contributed by atoms with Crippen LogP contribution in [0, 0.1) is 23.7 Å². The Kier molecular flexibility index (Phi) is 6.67. The highest BCUT2D eigenvalue weighted by molar-refractivity contribution is 7.92. The van der Waals surface area contributed by atoms with Crippen molar-refractivity contribution >= 4 is 21.8 Å². The number of aromatic nitrogens is 1. The third kappa shape index (κ3) is 4.81. The highest BCUT2D eigenvalue weighted by Gasteiger charge is 2.44. The van der Waals surface area contributed by atoms with E-state index in [4.69, 9.17) is 9.94 Å².